The Morgan fingerprint density at radius 1 is 1.20 bits per heavy atom. The Kier molecular flexibility index (Phi) is 3.21. The molecule has 0 aromatic carbocycles. The van der Waals surface area contributed by atoms with Gasteiger partial charge in [-0.15, -0.1) is 0 Å². The molecule has 15 heavy (non-hydrogen) atoms. The van der Waals surface area contributed by atoms with Crippen molar-refractivity contribution in [3.8, 4) is 0 Å². The highest BCUT2D eigenvalue weighted by molar-refractivity contribution is 4.89. The van der Waals surface area contributed by atoms with E-state index in [0.717, 1.165) is 32.2 Å². The Morgan fingerprint density at radius 2 is 1.93 bits per heavy atom. The zero-order valence-electron chi connectivity index (χ0n) is 8.69. The molecule has 1 N–H and O–H groups in total. The summed E-state index contributed by atoms with van der Waals surface area (Å²) in [4.78, 5) is 1.60. The number of rotatable bonds is 4. The maximum absolute atomic E-state index is 12.3. The van der Waals surface area contributed by atoms with Gasteiger partial charge >= 0.3 is 6.18 Å². The van der Waals surface area contributed by atoms with Crippen molar-refractivity contribution in [3.05, 3.63) is 0 Å². The second kappa shape index (κ2) is 4.29. The molecule has 1 aliphatic heterocycles. The fraction of sp³-hybridized carbons (Fsp3) is 1.00. The number of nitrogens with zero attached hydrogens (tertiary/aromatic N) is 1. The molecule has 88 valence electrons. The second-order valence-electron chi connectivity index (χ2n) is 4.57. The van der Waals surface area contributed by atoms with E-state index in [1.165, 1.54) is 0 Å². The first-order valence-electron chi connectivity index (χ1n) is 5.59. The molecule has 2 aliphatic rings. The highest BCUT2D eigenvalue weighted by Gasteiger charge is 2.38. The van der Waals surface area contributed by atoms with Crippen molar-refractivity contribution in [2.24, 2.45) is 0 Å². The summed E-state index contributed by atoms with van der Waals surface area (Å²) in [6, 6.07) is 0.460. The molecule has 0 aromatic rings. The van der Waals surface area contributed by atoms with Crippen LogP contribution in [0.3, 0.4) is 0 Å². The molecule has 1 heterocycles. The van der Waals surface area contributed by atoms with Crippen LogP contribution in [0.5, 0.6) is 0 Å². The molecule has 2 fully saturated rings. The van der Waals surface area contributed by atoms with Crippen LogP contribution in [0, 0.1) is 0 Å². The number of nitrogens with one attached hydrogen (secondary N) is 1. The van der Waals surface area contributed by atoms with Gasteiger partial charge in [0.25, 0.3) is 0 Å². The molecular formula is C10H17F3N2. The Labute approximate surface area is 87.8 Å². The van der Waals surface area contributed by atoms with Crippen molar-refractivity contribution < 1.29 is 13.2 Å². The largest absolute Gasteiger partial charge is 0.401 e. The molecule has 2 nitrogen and oxygen atoms in total. The van der Waals surface area contributed by atoms with Crippen LogP contribution in [0.25, 0.3) is 0 Å². The lowest BCUT2D eigenvalue weighted by molar-refractivity contribution is -0.147. The number of alkyl halides is 3. The minimum Gasteiger partial charge on any atom is -0.313 e. The molecular weight excluding hydrogens is 205 g/mol. The Hall–Kier alpha value is -0.290. The van der Waals surface area contributed by atoms with Crippen molar-refractivity contribution in [2.75, 3.05) is 19.6 Å². The summed E-state index contributed by atoms with van der Waals surface area (Å²) < 4.78 is 36.9. The third-order valence-corrected chi connectivity index (χ3v) is 3.06. The van der Waals surface area contributed by atoms with Gasteiger partial charge < -0.3 is 5.32 Å². The standard InChI is InChI=1S/C10H17F3N2/c11-10(12,13)7-15(9-3-4-9)6-8-2-1-5-14-8/h8-9,14H,1-7H2/t8-/m1/s1. The smallest absolute Gasteiger partial charge is 0.313 e. The van der Waals surface area contributed by atoms with E-state index in [2.05, 4.69) is 5.32 Å². The molecule has 2 rings (SSSR count). The molecule has 0 amide bonds. The summed E-state index contributed by atoms with van der Waals surface area (Å²) in [5, 5.41) is 3.25. The van der Waals surface area contributed by atoms with Crippen LogP contribution < -0.4 is 5.32 Å². The van der Waals surface area contributed by atoms with Gasteiger partial charge in [0.2, 0.25) is 0 Å². The van der Waals surface area contributed by atoms with Crippen LogP contribution in [0.2, 0.25) is 0 Å². The van der Waals surface area contributed by atoms with Crippen molar-refractivity contribution in [3.63, 3.8) is 0 Å². The van der Waals surface area contributed by atoms with Crippen molar-refractivity contribution >= 4 is 0 Å². The first-order chi connectivity index (χ1) is 7.04. The van der Waals surface area contributed by atoms with E-state index in [1.807, 2.05) is 0 Å². The third kappa shape index (κ3) is 3.65. The van der Waals surface area contributed by atoms with E-state index >= 15 is 0 Å². The van der Waals surface area contributed by atoms with E-state index in [1.54, 1.807) is 4.90 Å². The van der Waals surface area contributed by atoms with Gasteiger partial charge in [-0.3, -0.25) is 4.90 Å². The molecule has 5 heteroatoms. The minimum absolute atomic E-state index is 0.189. The number of halogens is 3. The SMILES string of the molecule is FC(F)(F)CN(C[C@H]1CCCN1)C1CC1. The van der Waals surface area contributed by atoms with Crippen LogP contribution in [-0.2, 0) is 0 Å². The number of hydrogen-bond donors (Lipinski definition) is 1. The Bertz CT molecular complexity index is 207. The lowest BCUT2D eigenvalue weighted by Gasteiger charge is -2.26. The van der Waals surface area contributed by atoms with Crippen LogP contribution in [0.15, 0.2) is 0 Å². The van der Waals surface area contributed by atoms with Crippen molar-refractivity contribution in [1.82, 2.24) is 10.2 Å². The highest BCUT2D eigenvalue weighted by Crippen LogP contribution is 2.30. The zero-order chi connectivity index (χ0) is 10.9. The average molecular weight is 222 g/mol. The molecule has 1 aliphatic carbocycles. The van der Waals surface area contributed by atoms with E-state index in [-0.39, 0.29) is 12.1 Å². The average Bonchev–Trinajstić information content (AvgIpc) is 2.83. The Morgan fingerprint density at radius 3 is 2.40 bits per heavy atom. The van der Waals surface area contributed by atoms with Crippen LogP contribution in [0.4, 0.5) is 13.2 Å². The number of hydrogen-bond acceptors (Lipinski definition) is 2. The van der Waals surface area contributed by atoms with Crippen LogP contribution >= 0.6 is 0 Å². The fourth-order valence-electron chi connectivity index (χ4n) is 2.21. The maximum Gasteiger partial charge on any atom is 0.401 e. The molecule has 0 bridgehead atoms. The summed E-state index contributed by atoms with van der Waals surface area (Å²) in [5.41, 5.74) is 0. The van der Waals surface area contributed by atoms with Gasteiger partial charge in [0.15, 0.2) is 0 Å². The molecule has 0 spiro atoms. The predicted molar refractivity (Wildman–Crippen MR) is 51.7 cm³/mol. The lowest BCUT2D eigenvalue weighted by Crippen LogP contribution is -2.43. The summed E-state index contributed by atoms with van der Waals surface area (Å²) in [6.45, 7) is 0.773. The van der Waals surface area contributed by atoms with E-state index < -0.39 is 12.7 Å². The summed E-state index contributed by atoms with van der Waals surface area (Å²) >= 11 is 0. The Balaban J connectivity index is 1.82. The van der Waals surface area contributed by atoms with E-state index in [4.69, 9.17) is 0 Å². The lowest BCUT2D eigenvalue weighted by atomic mass is 10.2. The monoisotopic (exact) mass is 222 g/mol. The normalized spacial score (nSPS) is 27.6. The predicted octanol–water partition coefficient (Wildman–Crippen LogP) is 1.77. The van der Waals surface area contributed by atoms with Crippen molar-refractivity contribution in [1.29, 1.82) is 0 Å². The van der Waals surface area contributed by atoms with Gasteiger partial charge in [-0.2, -0.15) is 13.2 Å². The molecule has 1 saturated heterocycles. The summed E-state index contributed by atoms with van der Waals surface area (Å²) in [5.74, 6) is 0. The molecule has 1 saturated carbocycles. The zero-order valence-corrected chi connectivity index (χ0v) is 8.69. The maximum atomic E-state index is 12.3. The quantitative estimate of drug-likeness (QED) is 0.779. The van der Waals surface area contributed by atoms with Gasteiger partial charge in [0, 0.05) is 18.6 Å². The van der Waals surface area contributed by atoms with Gasteiger partial charge in [0.1, 0.15) is 0 Å². The van der Waals surface area contributed by atoms with Gasteiger partial charge in [0.05, 0.1) is 6.54 Å². The minimum atomic E-state index is -4.05. The third-order valence-electron chi connectivity index (χ3n) is 3.06. The molecule has 0 unspecified atom stereocenters. The first-order valence-corrected chi connectivity index (χ1v) is 5.59. The topological polar surface area (TPSA) is 15.3 Å². The van der Waals surface area contributed by atoms with Crippen molar-refractivity contribution in [2.45, 2.75) is 43.9 Å². The summed E-state index contributed by atoms with van der Waals surface area (Å²) in [7, 11) is 0. The van der Waals surface area contributed by atoms with E-state index in [0.29, 0.717) is 6.54 Å². The van der Waals surface area contributed by atoms with Gasteiger partial charge in [-0.05, 0) is 32.2 Å². The summed E-state index contributed by atoms with van der Waals surface area (Å²) in [6.07, 6.45) is -0.0803. The molecule has 0 aromatic heterocycles. The first kappa shape index (κ1) is 11.2. The van der Waals surface area contributed by atoms with E-state index in [9.17, 15) is 13.2 Å². The van der Waals surface area contributed by atoms with Gasteiger partial charge in [-0.1, -0.05) is 0 Å². The fourth-order valence-corrected chi connectivity index (χ4v) is 2.21. The second-order valence-corrected chi connectivity index (χ2v) is 4.57. The molecule has 1 atom stereocenters. The molecule has 0 radical (unpaired) electrons. The highest BCUT2D eigenvalue weighted by atomic mass is 19.4. The van der Waals surface area contributed by atoms with Crippen LogP contribution in [-0.4, -0.2) is 42.8 Å². The van der Waals surface area contributed by atoms with Crippen LogP contribution in [0.1, 0.15) is 25.7 Å². The van der Waals surface area contributed by atoms with Gasteiger partial charge in [-0.25, -0.2) is 0 Å².